The molecule has 1 unspecified atom stereocenters. The average Bonchev–Trinajstić information content (AvgIpc) is 3.50. The van der Waals surface area contributed by atoms with Crippen LogP contribution in [0.2, 0.25) is 0 Å². The Morgan fingerprint density at radius 2 is 2.03 bits per heavy atom. The zero-order chi connectivity index (χ0) is 26.2. The number of rotatable bonds is 9. The largest absolute Gasteiger partial charge is 0.480 e. The molecule has 3 heterocycles. The van der Waals surface area contributed by atoms with E-state index in [1.807, 2.05) is 17.0 Å². The summed E-state index contributed by atoms with van der Waals surface area (Å²) in [5.74, 6) is -1.48. The number of carbonyl (C=O) groups is 1. The van der Waals surface area contributed by atoms with Crippen LogP contribution in [0.3, 0.4) is 0 Å². The summed E-state index contributed by atoms with van der Waals surface area (Å²) < 4.78 is 41.4. The Kier molecular flexibility index (Phi) is 7.21. The van der Waals surface area contributed by atoms with Crippen LogP contribution in [0.15, 0.2) is 39.9 Å². The molecular weight excluding hydrogens is 496 g/mol. The highest BCUT2D eigenvalue weighted by Crippen LogP contribution is 2.25. The van der Waals surface area contributed by atoms with Crippen molar-refractivity contribution in [3.63, 3.8) is 0 Å². The first-order valence-electron chi connectivity index (χ1n) is 12.5. The van der Waals surface area contributed by atoms with Crippen molar-refractivity contribution in [3.05, 3.63) is 46.8 Å². The molecule has 1 aromatic carbocycles. The number of sulfonamides is 1. The Hall–Kier alpha value is -2.99. The predicted octanol–water partition coefficient (Wildman–Crippen LogP) is 1.10. The van der Waals surface area contributed by atoms with E-state index in [4.69, 9.17) is 9.15 Å². The van der Waals surface area contributed by atoms with Crippen molar-refractivity contribution >= 4 is 39.1 Å². The SMILES string of the molecule is CC(C)[C@H](NS(=O)(=O)c1ccc2c3c(oc2c1)=CCC(c1cnn(CCN2CCOCC2)c1)C=3)C(=O)O. The number of carboxylic acids is 1. The van der Waals surface area contributed by atoms with Gasteiger partial charge in [-0.3, -0.25) is 14.4 Å². The number of morpholine rings is 1. The standard InChI is InChI=1S/C26H32N4O6S/c1-17(2)25(26(31)32)28-37(33,34)20-4-5-21-22-13-18(3-6-23(22)36-24(21)14-20)19-15-27-30(16-19)8-7-29-9-11-35-12-10-29/h4-6,13-18,25,28H,3,7-12H2,1-2H3,(H,31,32)/t18?,25-/m0/s1. The summed E-state index contributed by atoms with van der Waals surface area (Å²) in [5, 5.41) is 15.7. The van der Waals surface area contributed by atoms with Crippen molar-refractivity contribution in [1.82, 2.24) is 19.4 Å². The number of hydrogen-bond donors (Lipinski definition) is 2. The summed E-state index contributed by atoms with van der Waals surface area (Å²) in [6, 6.07) is 3.44. The lowest BCUT2D eigenvalue weighted by atomic mass is 9.94. The minimum atomic E-state index is -4.04. The van der Waals surface area contributed by atoms with Crippen LogP contribution >= 0.6 is 0 Å². The number of ether oxygens (including phenoxy) is 1. The predicted molar refractivity (Wildman–Crippen MR) is 138 cm³/mol. The molecule has 2 aliphatic rings. The van der Waals surface area contributed by atoms with Crippen LogP contribution in [0.25, 0.3) is 23.1 Å². The summed E-state index contributed by atoms with van der Waals surface area (Å²) in [4.78, 5) is 13.8. The molecular formula is C26H32N4O6S. The Morgan fingerprint density at radius 3 is 2.76 bits per heavy atom. The Balaban J connectivity index is 1.36. The molecule has 11 heteroatoms. The average molecular weight is 529 g/mol. The third-order valence-corrected chi connectivity index (χ3v) is 8.45. The number of benzene rings is 1. The molecule has 37 heavy (non-hydrogen) atoms. The van der Waals surface area contributed by atoms with E-state index in [1.54, 1.807) is 19.9 Å². The molecule has 1 fully saturated rings. The Morgan fingerprint density at radius 1 is 1.24 bits per heavy atom. The highest BCUT2D eigenvalue weighted by Gasteiger charge is 2.28. The van der Waals surface area contributed by atoms with Crippen molar-refractivity contribution in [1.29, 1.82) is 0 Å². The number of furan rings is 1. The van der Waals surface area contributed by atoms with E-state index in [1.165, 1.54) is 12.1 Å². The van der Waals surface area contributed by atoms with Crippen LogP contribution in [0.5, 0.6) is 0 Å². The number of hydrogen-bond acceptors (Lipinski definition) is 7. The Labute approximate surface area is 215 Å². The van der Waals surface area contributed by atoms with Gasteiger partial charge in [0.2, 0.25) is 10.0 Å². The molecule has 0 amide bonds. The van der Waals surface area contributed by atoms with Crippen LogP contribution in [0.4, 0.5) is 0 Å². The lowest BCUT2D eigenvalue weighted by molar-refractivity contribution is -0.140. The maximum Gasteiger partial charge on any atom is 0.322 e. The summed E-state index contributed by atoms with van der Waals surface area (Å²) in [5.41, 5.74) is 2.27. The summed E-state index contributed by atoms with van der Waals surface area (Å²) in [7, 11) is -4.04. The van der Waals surface area contributed by atoms with Crippen LogP contribution in [-0.4, -0.2) is 73.1 Å². The monoisotopic (exact) mass is 528 g/mol. The first-order valence-corrected chi connectivity index (χ1v) is 14.0. The zero-order valence-electron chi connectivity index (χ0n) is 21.0. The number of nitrogens with zero attached hydrogens (tertiary/aromatic N) is 3. The van der Waals surface area contributed by atoms with Gasteiger partial charge in [-0.1, -0.05) is 19.9 Å². The van der Waals surface area contributed by atoms with Gasteiger partial charge in [-0.25, -0.2) is 8.42 Å². The number of fused-ring (bicyclic) bond motifs is 3. The van der Waals surface area contributed by atoms with Gasteiger partial charge in [0, 0.05) is 48.4 Å². The van der Waals surface area contributed by atoms with Gasteiger partial charge in [-0.15, -0.1) is 0 Å². The van der Waals surface area contributed by atoms with E-state index >= 15 is 0 Å². The smallest absolute Gasteiger partial charge is 0.322 e. The molecule has 5 rings (SSSR count). The van der Waals surface area contributed by atoms with Crippen LogP contribution in [-0.2, 0) is 26.1 Å². The van der Waals surface area contributed by atoms with E-state index in [-0.39, 0.29) is 10.8 Å². The van der Waals surface area contributed by atoms with Crippen molar-refractivity contribution in [3.8, 4) is 0 Å². The van der Waals surface area contributed by atoms with Crippen molar-refractivity contribution < 1.29 is 27.5 Å². The summed E-state index contributed by atoms with van der Waals surface area (Å²) in [6.07, 6.45) is 8.93. The highest BCUT2D eigenvalue weighted by molar-refractivity contribution is 7.89. The fourth-order valence-corrected chi connectivity index (χ4v) is 6.16. The number of carboxylic acid groups (broad SMARTS) is 1. The van der Waals surface area contributed by atoms with Crippen molar-refractivity contribution in [2.24, 2.45) is 5.92 Å². The quantitative estimate of drug-likeness (QED) is 0.423. The van der Waals surface area contributed by atoms with Crippen LogP contribution < -0.4 is 15.4 Å². The molecule has 1 aliphatic heterocycles. The lowest BCUT2D eigenvalue weighted by Gasteiger charge is -2.26. The van der Waals surface area contributed by atoms with Gasteiger partial charge in [0.05, 0.1) is 30.9 Å². The molecule has 0 saturated carbocycles. The molecule has 0 radical (unpaired) electrons. The minimum Gasteiger partial charge on any atom is -0.480 e. The second-order valence-electron chi connectivity index (χ2n) is 9.92. The molecule has 10 nitrogen and oxygen atoms in total. The summed E-state index contributed by atoms with van der Waals surface area (Å²) >= 11 is 0. The first kappa shape index (κ1) is 25.7. The molecule has 0 spiro atoms. The molecule has 2 N–H and O–H groups in total. The van der Waals surface area contributed by atoms with E-state index < -0.39 is 28.0 Å². The van der Waals surface area contributed by atoms with E-state index in [0.29, 0.717) is 11.0 Å². The van der Waals surface area contributed by atoms with E-state index in [0.717, 1.165) is 62.0 Å². The van der Waals surface area contributed by atoms with Crippen molar-refractivity contribution in [2.75, 3.05) is 32.8 Å². The fraction of sp³-hybridized carbons (Fsp3) is 0.462. The fourth-order valence-electron chi connectivity index (χ4n) is 4.81. The number of aliphatic carboxylic acids is 1. The second kappa shape index (κ2) is 10.4. The third-order valence-electron chi connectivity index (χ3n) is 7.01. The van der Waals surface area contributed by atoms with E-state index in [2.05, 4.69) is 27.0 Å². The van der Waals surface area contributed by atoms with Crippen LogP contribution in [0.1, 0.15) is 31.7 Å². The van der Waals surface area contributed by atoms with Gasteiger partial charge in [0.1, 0.15) is 17.0 Å². The number of nitrogens with one attached hydrogen (secondary N) is 1. The molecule has 2 atom stereocenters. The first-order chi connectivity index (χ1) is 17.7. The molecule has 198 valence electrons. The third kappa shape index (κ3) is 5.49. The van der Waals surface area contributed by atoms with Gasteiger partial charge < -0.3 is 14.3 Å². The van der Waals surface area contributed by atoms with Gasteiger partial charge in [0.25, 0.3) is 0 Å². The van der Waals surface area contributed by atoms with Crippen LogP contribution in [0, 0.1) is 5.92 Å². The second-order valence-corrected chi connectivity index (χ2v) is 11.6. The maximum absolute atomic E-state index is 12.9. The zero-order valence-corrected chi connectivity index (χ0v) is 21.8. The maximum atomic E-state index is 12.9. The molecule has 1 aliphatic carbocycles. The minimum absolute atomic E-state index is 0.0314. The van der Waals surface area contributed by atoms with Crippen molar-refractivity contribution in [2.45, 2.75) is 43.7 Å². The lowest BCUT2D eigenvalue weighted by Crippen LogP contribution is -2.44. The molecule has 2 aromatic heterocycles. The highest BCUT2D eigenvalue weighted by atomic mass is 32.2. The molecule has 0 bridgehead atoms. The normalized spacial score (nSPS) is 19.4. The topological polar surface area (TPSA) is 127 Å². The molecule has 1 saturated heterocycles. The van der Waals surface area contributed by atoms with Gasteiger partial charge >= 0.3 is 5.97 Å². The van der Waals surface area contributed by atoms with Gasteiger partial charge in [-0.2, -0.15) is 9.82 Å². The van der Waals surface area contributed by atoms with Gasteiger partial charge in [-0.05, 0) is 36.1 Å². The van der Waals surface area contributed by atoms with Gasteiger partial charge in [0.15, 0.2) is 0 Å². The molecule has 3 aromatic rings. The Bertz CT molecular complexity index is 1520. The number of aromatic nitrogens is 2. The summed E-state index contributed by atoms with van der Waals surface area (Å²) in [6.45, 7) is 8.53. The van der Waals surface area contributed by atoms with E-state index in [9.17, 15) is 18.3 Å².